The Morgan fingerprint density at radius 3 is 2.85 bits per heavy atom. The summed E-state index contributed by atoms with van der Waals surface area (Å²) in [6.07, 6.45) is 1.62. The molecule has 2 heterocycles. The second-order valence-electron chi connectivity index (χ2n) is 5.64. The van der Waals surface area contributed by atoms with Crippen LogP contribution in [-0.4, -0.2) is 17.6 Å². The fourth-order valence-corrected chi connectivity index (χ4v) is 3.75. The van der Waals surface area contributed by atoms with Gasteiger partial charge in [-0.2, -0.15) is 5.26 Å². The number of carbonyl (C=O) groups is 2. The fourth-order valence-electron chi connectivity index (χ4n) is 2.57. The maximum absolute atomic E-state index is 12.2. The summed E-state index contributed by atoms with van der Waals surface area (Å²) in [5.41, 5.74) is 0.877. The molecule has 9 heteroatoms. The van der Waals surface area contributed by atoms with Crippen molar-refractivity contribution >= 4 is 52.5 Å². The van der Waals surface area contributed by atoms with Crippen LogP contribution in [0.1, 0.15) is 18.1 Å². The van der Waals surface area contributed by atoms with Gasteiger partial charge >= 0.3 is 0 Å². The number of carbonyl (C=O) groups excluding carboxylic acids is 2. The molecule has 0 saturated heterocycles. The highest BCUT2D eigenvalue weighted by Crippen LogP contribution is 2.36. The molecule has 0 bridgehead atoms. The van der Waals surface area contributed by atoms with Crippen LogP contribution < -0.4 is 10.6 Å². The molecule has 1 aliphatic heterocycles. The highest BCUT2D eigenvalue weighted by molar-refractivity contribution is 8.03. The molecule has 138 valence electrons. The van der Waals surface area contributed by atoms with Crippen LogP contribution in [0.2, 0.25) is 10.0 Å². The second kappa shape index (κ2) is 8.53. The first-order chi connectivity index (χ1) is 13.0. The lowest BCUT2D eigenvalue weighted by atomic mass is 9.92. The van der Waals surface area contributed by atoms with Gasteiger partial charge in [0, 0.05) is 12.1 Å². The van der Waals surface area contributed by atoms with E-state index in [0.717, 1.165) is 11.8 Å². The van der Waals surface area contributed by atoms with Crippen molar-refractivity contribution in [3.05, 3.63) is 63.0 Å². The number of hydrogen-bond acceptors (Lipinski definition) is 5. The average Bonchev–Trinajstić information content (AvgIpc) is 3.17. The summed E-state index contributed by atoms with van der Waals surface area (Å²) < 4.78 is 5.35. The van der Waals surface area contributed by atoms with Gasteiger partial charge in [0.25, 0.3) is 0 Å². The van der Waals surface area contributed by atoms with Gasteiger partial charge in [0.2, 0.25) is 11.8 Å². The van der Waals surface area contributed by atoms with E-state index in [1.54, 1.807) is 30.3 Å². The molecule has 2 N–H and O–H groups in total. The summed E-state index contributed by atoms with van der Waals surface area (Å²) in [4.78, 5) is 24.2. The van der Waals surface area contributed by atoms with E-state index in [1.807, 2.05) is 0 Å². The molecule has 1 aromatic carbocycles. The van der Waals surface area contributed by atoms with Crippen LogP contribution in [0.15, 0.2) is 51.6 Å². The first-order valence-corrected chi connectivity index (χ1v) is 9.57. The summed E-state index contributed by atoms with van der Waals surface area (Å²) in [5.74, 6) is -0.453. The van der Waals surface area contributed by atoms with Gasteiger partial charge in [0.1, 0.15) is 5.76 Å². The molecular formula is C18H13Cl2N3O3S. The molecular weight excluding hydrogens is 409 g/mol. The number of nitrogens with zero attached hydrogens (tertiary/aromatic N) is 1. The van der Waals surface area contributed by atoms with Gasteiger partial charge in [0.05, 0.1) is 44.7 Å². The lowest BCUT2D eigenvalue weighted by molar-refractivity contribution is -0.121. The van der Waals surface area contributed by atoms with E-state index in [4.69, 9.17) is 27.6 Å². The number of halogens is 2. The van der Waals surface area contributed by atoms with Crippen molar-refractivity contribution in [2.24, 2.45) is 0 Å². The van der Waals surface area contributed by atoms with Crippen LogP contribution in [0, 0.1) is 11.3 Å². The summed E-state index contributed by atoms with van der Waals surface area (Å²) in [7, 11) is 0. The first-order valence-electron chi connectivity index (χ1n) is 7.83. The Kier molecular flexibility index (Phi) is 6.11. The van der Waals surface area contributed by atoms with E-state index in [0.29, 0.717) is 32.1 Å². The zero-order chi connectivity index (χ0) is 19.4. The number of thioether (sulfide) groups is 1. The van der Waals surface area contributed by atoms with Gasteiger partial charge in [-0.1, -0.05) is 35.0 Å². The Labute approximate surface area is 169 Å². The number of rotatable bonds is 5. The van der Waals surface area contributed by atoms with E-state index in [1.165, 1.54) is 6.26 Å². The molecule has 0 spiro atoms. The van der Waals surface area contributed by atoms with E-state index in [9.17, 15) is 14.9 Å². The highest BCUT2D eigenvalue weighted by Gasteiger charge is 2.31. The van der Waals surface area contributed by atoms with Crippen LogP contribution in [0.25, 0.3) is 0 Å². The van der Waals surface area contributed by atoms with Gasteiger partial charge in [-0.25, -0.2) is 0 Å². The highest BCUT2D eigenvalue weighted by atomic mass is 35.5. The van der Waals surface area contributed by atoms with Crippen molar-refractivity contribution in [2.45, 2.75) is 12.3 Å². The Morgan fingerprint density at radius 2 is 2.19 bits per heavy atom. The molecule has 0 radical (unpaired) electrons. The van der Waals surface area contributed by atoms with Crippen LogP contribution >= 0.6 is 35.0 Å². The predicted molar refractivity (Wildman–Crippen MR) is 104 cm³/mol. The fraction of sp³-hybridized carbons (Fsp3) is 0.167. The van der Waals surface area contributed by atoms with Crippen molar-refractivity contribution in [3.8, 4) is 6.07 Å². The molecule has 2 amide bonds. The van der Waals surface area contributed by atoms with Gasteiger partial charge < -0.3 is 15.1 Å². The van der Waals surface area contributed by atoms with Crippen LogP contribution in [0.3, 0.4) is 0 Å². The lowest BCUT2D eigenvalue weighted by Gasteiger charge is -2.23. The molecule has 1 atom stereocenters. The quantitative estimate of drug-likeness (QED) is 0.749. The standard InChI is InChI=1S/C18H13Cl2N3O3S/c19-13-4-3-10(6-14(13)20)22-17(25)9-27-18-12(8-21)11(7-16(24)23-18)15-2-1-5-26-15/h1-6,11H,7,9H2,(H,22,25)(H,23,24). The zero-order valence-corrected chi connectivity index (χ0v) is 16.1. The number of furan rings is 1. The van der Waals surface area contributed by atoms with Crippen molar-refractivity contribution in [1.82, 2.24) is 5.32 Å². The smallest absolute Gasteiger partial charge is 0.234 e. The number of hydrogen-bond donors (Lipinski definition) is 2. The van der Waals surface area contributed by atoms with Crippen molar-refractivity contribution in [3.63, 3.8) is 0 Å². The van der Waals surface area contributed by atoms with Crippen molar-refractivity contribution in [2.75, 3.05) is 11.1 Å². The second-order valence-corrected chi connectivity index (χ2v) is 7.44. The maximum Gasteiger partial charge on any atom is 0.234 e. The molecule has 1 unspecified atom stereocenters. The summed E-state index contributed by atoms with van der Waals surface area (Å²) in [6.45, 7) is 0. The van der Waals surface area contributed by atoms with Crippen molar-refractivity contribution in [1.29, 1.82) is 5.26 Å². The normalized spacial score (nSPS) is 16.6. The first kappa shape index (κ1) is 19.4. The maximum atomic E-state index is 12.2. The third-order valence-electron chi connectivity index (χ3n) is 3.79. The Bertz CT molecular complexity index is 951. The third-order valence-corrected chi connectivity index (χ3v) is 5.55. The third kappa shape index (κ3) is 4.66. The molecule has 0 aliphatic carbocycles. The number of nitrogens with one attached hydrogen (secondary N) is 2. The van der Waals surface area contributed by atoms with Crippen molar-refractivity contribution < 1.29 is 14.0 Å². The SMILES string of the molecule is N#CC1=C(SCC(=O)Nc2ccc(Cl)c(Cl)c2)NC(=O)CC1c1ccco1. The van der Waals surface area contributed by atoms with E-state index in [2.05, 4.69) is 16.7 Å². The number of allylic oxidation sites excluding steroid dienone is 1. The zero-order valence-electron chi connectivity index (χ0n) is 13.8. The van der Waals surface area contributed by atoms with Gasteiger partial charge in [-0.3, -0.25) is 9.59 Å². The van der Waals surface area contributed by atoms with Crippen LogP contribution in [0.5, 0.6) is 0 Å². The number of nitriles is 1. The average molecular weight is 422 g/mol. The summed E-state index contributed by atoms with van der Waals surface area (Å²) >= 11 is 12.9. The Balaban J connectivity index is 1.71. The van der Waals surface area contributed by atoms with Crippen LogP contribution in [0.4, 0.5) is 5.69 Å². The van der Waals surface area contributed by atoms with Gasteiger partial charge in [0.15, 0.2) is 0 Å². The Morgan fingerprint density at radius 1 is 1.37 bits per heavy atom. The number of amides is 2. The monoisotopic (exact) mass is 421 g/mol. The number of benzene rings is 1. The molecule has 1 aromatic heterocycles. The lowest BCUT2D eigenvalue weighted by Crippen LogP contribution is -2.31. The molecule has 1 aliphatic rings. The van der Waals surface area contributed by atoms with E-state index < -0.39 is 5.92 Å². The molecule has 3 rings (SSSR count). The molecule has 6 nitrogen and oxygen atoms in total. The number of anilines is 1. The van der Waals surface area contributed by atoms with Crippen LogP contribution in [-0.2, 0) is 9.59 Å². The molecule has 27 heavy (non-hydrogen) atoms. The minimum Gasteiger partial charge on any atom is -0.469 e. The molecule has 0 fully saturated rings. The summed E-state index contributed by atoms with van der Waals surface area (Å²) in [6, 6.07) is 10.3. The Hall–Kier alpha value is -2.40. The predicted octanol–water partition coefficient (Wildman–Crippen LogP) is 4.30. The van der Waals surface area contributed by atoms with Gasteiger partial charge in [-0.05, 0) is 30.3 Å². The van der Waals surface area contributed by atoms with Gasteiger partial charge in [-0.15, -0.1) is 0 Å². The molecule has 2 aromatic rings. The largest absolute Gasteiger partial charge is 0.469 e. The minimum absolute atomic E-state index is 0.00587. The minimum atomic E-state index is -0.459. The topological polar surface area (TPSA) is 95.1 Å². The summed E-state index contributed by atoms with van der Waals surface area (Å²) in [5, 5.41) is 16.0. The van der Waals surface area contributed by atoms with E-state index in [-0.39, 0.29) is 24.0 Å². The molecule has 0 saturated carbocycles. The van der Waals surface area contributed by atoms with E-state index >= 15 is 0 Å².